The van der Waals surface area contributed by atoms with Crippen LogP contribution in [0.15, 0.2) is 65.5 Å². The zero-order valence-corrected chi connectivity index (χ0v) is 26.4. The van der Waals surface area contributed by atoms with Crippen LogP contribution in [0.2, 0.25) is 0 Å². The number of fused-ring (bicyclic) bond motifs is 7. The van der Waals surface area contributed by atoms with Crippen molar-refractivity contribution in [3.8, 4) is 5.69 Å². The summed E-state index contributed by atoms with van der Waals surface area (Å²) in [5.41, 5.74) is 5.58. The van der Waals surface area contributed by atoms with Gasteiger partial charge in [0.15, 0.2) is 10.9 Å². The van der Waals surface area contributed by atoms with E-state index >= 15 is 0 Å². The predicted molar refractivity (Wildman–Crippen MR) is 173 cm³/mol. The van der Waals surface area contributed by atoms with E-state index in [1.807, 2.05) is 30.5 Å². The Kier molecular flexibility index (Phi) is 6.36. The van der Waals surface area contributed by atoms with Gasteiger partial charge < -0.3 is 15.2 Å². The third kappa shape index (κ3) is 3.93. The molecule has 8 heteroatoms. The summed E-state index contributed by atoms with van der Waals surface area (Å²) in [7, 11) is 0. The number of aromatic nitrogens is 4. The monoisotopic (exact) mass is 608 g/mol. The van der Waals surface area contributed by atoms with Crippen molar-refractivity contribution in [1.29, 1.82) is 0 Å². The van der Waals surface area contributed by atoms with Crippen molar-refractivity contribution in [3.05, 3.63) is 77.1 Å². The van der Waals surface area contributed by atoms with Crippen LogP contribution in [0.25, 0.3) is 22.8 Å². The molecule has 4 aromatic rings. The summed E-state index contributed by atoms with van der Waals surface area (Å²) in [4.78, 5) is 21.7. The molecule has 0 spiro atoms. The van der Waals surface area contributed by atoms with Crippen LogP contribution < -0.4 is 0 Å². The Bertz CT molecular complexity index is 1790. The number of H-pyrrole nitrogens is 1. The number of benzene rings is 2. The first-order valence-electron chi connectivity index (χ1n) is 16.0. The maximum absolute atomic E-state index is 13.8. The summed E-state index contributed by atoms with van der Waals surface area (Å²) in [6.45, 7) is 6.54. The minimum absolute atomic E-state index is 0.0814. The number of para-hydroxylation sites is 3. The maximum atomic E-state index is 13.8. The standard InChI is InChI=1S/C36H40N4O3S/c1-21-8-4-7-11-28(21)40-29-16-23-12-13-24-25-14-15-36(43,31(42)20-44-33-38-26-9-5-6-10-27(26)39-33)35(25,3)18-30(41)32(24)34(23,2)17-22(29)19-37-40/h4-11,16,19,24-25,30,32,41,43H,12-15,17-18,20H2,1-3H3,(H,38,39)/t24?,25?,30?,32?,34?,35?,36-/m0/s1. The zero-order chi connectivity index (χ0) is 30.4. The highest BCUT2D eigenvalue weighted by atomic mass is 32.2. The quantitative estimate of drug-likeness (QED) is 0.230. The summed E-state index contributed by atoms with van der Waals surface area (Å²) >= 11 is 1.36. The van der Waals surface area contributed by atoms with E-state index in [-0.39, 0.29) is 34.7 Å². The number of Topliss-reactive ketones (excluding diaryl/α,β-unsaturated/α-hetero) is 1. The number of carbonyl (C=O) groups excluding carboxylic acids is 1. The molecule has 8 rings (SSSR count). The van der Waals surface area contributed by atoms with Gasteiger partial charge >= 0.3 is 0 Å². The molecule has 7 atom stereocenters. The number of aromatic amines is 1. The molecule has 0 amide bonds. The van der Waals surface area contributed by atoms with Crippen molar-refractivity contribution < 1.29 is 15.0 Å². The summed E-state index contributed by atoms with van der Waals surface area (Å²) in [6.07, 6.45) is 8.24. The predicted octanol–water partition coefficient (Wildman–Crippen LogP) is 6.30. The summed E-state index contributed by atoms with van der Waals surface area (Å²) in [5.74, 6) is 0.533. The van der Waals surface area contributed by atoms with Crippen molar-refractivity contribution in [1.82, 2.24) is 19.7 Å². The number of allylic oxidation sites excluding steroid dienone is 1. The van der Waals surface area contributed by atoms with E-state index in [1.165, 1.54) is 28.5 Å². The molecule has 0 aliphatic heterocycles. The van der Waals surface area contributed by atoms with Crippen molar-refractivity contribution in [2.45, 2.75) is 76.2 Å². The van der Waals surface area contributed by atoms with E-state index < -0.39 is 17.1 Å². The number of thioether (sulfide) groups is 1. The number of nitrogens with zero attached hydrogens (tertiary/aromatic N) is 3. The van der Waals surface area contributed by atoms with Crippen LogP contribution >= 0.6 is 11.8 Å². The highest BCUT2D eigenvalue weighted by Gasteiger charge is 2.68. The van der Waals surface area contributed by atoms with Crippen LogP contribution in [0.5, 0.6) is 0 Å². The van der Waals surface area contributed by atoms with Crippen LogP contribution in [0.4, 0.5) is 0 Å². The van der Waals surface area contributed by atoms with Gasteiger partial charge in [0.2, 0.25) is 0 Å². The maximum Gasteiger partial charge on any atom is 0.175 e. The number of imidazole rings is 1. The zero-order valence-electron chi connectivity index (χ0n) is 25.6. The van der Waals surface area contributed by atoms with E-state index in [9.17, 15) is 15.0 Å². The number of aryl methyl sites for hydroxylation is 1. The van der Waals surface area contributed by atoms with Crippen LogP contribution in [0.3, 0.4) is 0 Å². The van der Waals surface area contributed by atoms with Crippen LogP contribution in [0, 0.1) is 35.5 Å². The van der Waals surface area contributed by atoms with Gasteiger partial charge in [0.1, 0.15) is 5.60 Å². The first-order valence-corrected chi connectivity index (χ1v) is 17.0. The average Bonchev–Trinajstić information content (AvgIpc) is 3.68. The normalized spacial score (nSPS) is 34.2. The lowest BCUT2D eigenvalue weighted by Gasteiger charge is -2.60. The summed E-state index contributed by atoms with van der Waals surface area (Å²) < 4.78 is 2.07. The molecule has 2 aromatic carbocycles. The third-order valence-electron chi connectivity index (χ3n) is 12.1. The molecule has 2 aromatic heterocycles. The molecular weight excluding hydrogens is 568 g/mol. The van der Waals surface area contributed by atoms with Gasteiger partial charge in [-0.3, -0.25) is 4.79 Å². The molecule has 6 unspecified atom stereocenters. The Hall–Kier alpha value is -3.20. The number of hydrogen-bond acceptors (Lipinski definition) is 6. The number of ketones is 1. The number of aliphatic hydroxyl groups is 2. The van der Waals surface area contributed by atoms with Crippen LogP contribution in [-0.4, -0.2) is 53.2 Å². The molecule has 228 valence electrons. The summed E-state index contributed by atoms with van der Waals surface area (Å²) in [5, 5.41) is 29.7. The van der Waals surface area contributed by atoms with Gasteiger partial charge in [-0.1, -0.05) is 61.5 Å². The highest BCUT2D eigenvalue weighted by molar-refractivity contribution is 7.99. The van der Waals surface area contributed by atoms with Gasteiger partial charge in [0.25, 0.3) is 0 Å². The minimum atomic E-state index is -1.45. The molecule has 0 saturated heterocycles. The first-order chi connectivity index (χ1) is 21.1. The van der Waals surface area contributed by atoms with E-state index in [0.29, 0.717) is 18.0 Å². The molecule has 2 heterocycles. The third-order valence-corrected chi connectivity index (χ3v) is 13.0. The van der Waals surface area contributed by atoms with E-state index in [2.05, 4.69) is 65.8 Å². The van der Waals surface area contributed by atoms with E-state index in [0.717, 1.165) is 48.1 Å². The lowest BCUT2D eigenvalue weighted by molar-refractivity contribution is -0.177. The van der Waals surface area contributed by atoms with Gasteiger partial charge in [-0.2, -0.15) is 5.10 Å². The van der Waals surface area contributed by atoms with E-state index in [4.69, 9.17) is 5.10 Å². The second-order valence-electron chi connectivity index (χ2n) is 14.2. The second-order valence-corrected chi connectivity index (χ2v) is 15.2. The number of hydrogen-bond donors (Lipinski definition) is 3. The fraction of sp³-hybridized carbons (Fsp3) is 0.472. The Balaban J connectivity index is 1.06. The molecule has 4 aliphatic rings. The Morgan fingerprint density at radius 2 is 1.93 bits per heavy atom. The Morgan fingerprint density at radius 3 is 2.75 bits per heavy atom. The fourth-order valence-electron chi connectivity index (χ4n) is 9.89. The molecule has 7 nitrogen and oxygen atoms in total. The van der Waals surface area contributed by atoms with Gasteiger partial charge in [-0.05, 0) is 104 Å². The molecule has 3 fully saturated rings. The highest BCUT2D eigenvalue weighted by Crippen LogP contribution is 2.67. The number of nitrogens with one attached hydrogen (secondary N) is 1. The topological polar surface area (TPSA) is 104 Å². The molecule has 3 saturated carbocycles. The molecule has 4 aliphatic carbocycles. The lowest BCUT2D eigenvalue weighted by atomic mass is 9.45. The summed E-state index contributed by atoms with van der Waals surface area (Å²) in [6, 6.07) is 16.2. The first kappa shape index (κ1) is 28.3. The molecule has 0 radical (unpaired) electrons. The Labute approximate surface area is 262 Å². The smallest absolute Gasteiger partial charge is 0.175 e. The van der Waals surface area contributed by atoms with Crippen LogP contribution in [-0.2, 0) is 11.2 Å². The fourth-order valence-corrected chi connectivity index (χ4v) is 10.7. The molecular formula is C36H40N4O3S. The second kappa shape index (κ2) is 9.90. The SMILES string of the molecule is Cc1ccccc1-n1ncc2c1C=C1CCC3C(C(O)CC4(C)C3CC[C@]4(O)C(=O)CSc3nc4ccccc4[nH]3)C1(C)C2. The van der Waals surface area contributed by atoms with Gasteiger partial charge in [0.05, 0.1) is 40.5 Å². The van der Waals surface area contributed by atoms with Crippen molar-refractivity contribution in [2.75, 3.05) is 5.75 Å². The lowest BCUT2D eigenvalue weighted by Crippen LogP contribution is -2.62. The Morgan fingerprint density at radius 1 is 1.14 bits per heavy atom. The van der Waals surface area contributed by atoms with Crippen molar-refractivity contribution in [2.24, 2.45) is 28.6 Å². The van der Waals surface area contributed by atoms with Gasteiger partial charge in [-0.15, -0.1) is 0 Å². The van der Waals surface area contributed by atoms with Crippen molar-refractivity contribution in [3.63, 3.8) is 0 Å². The average molecular weight is 609 g/mol. The number of aliphatic hydroxyl groups excluding tert-OH is 1. The largest absolute Gasteiger partial charge is 0.393 e. The molecule has 0 bridgehead atoms. The number of carbonyl (C=O) groups is 1. The minimum Gasteiger partial charge on any atom is -0.393 e. The van der Waals surface area contributed by atoms with E-state index in [1.54, 1.807) is 0 Å². The van der Waals surface area contributed by atoms with Gasteiger partial charge in [-0.25, -0.2) is 9.67 Å². The molecule has 44 heavy (non-hydrogen) atoms. The van der Waals surface area contributed by atoms with Gasteiger partial charge in [0, 0.05) is 5.41 Å². The van der Waals surface area contributed by atoms with Crippen LogP contribution in [0.1, 0.15) is 62.8 Å². The van der Waals surface area contributed by atoms with Crippen molar-refractivity contribution >= 4 is 34.7 Å². The number of rotatable bonds is 5. The molecule has 3 N–H and O–H groups in total.